The van der Waals surface area contributed by atoms with Gasteiger partial charge in [0, 0.05) is 12.6 Å². The first-order valence-corrected chi connectivity index (χ1v) is 7.88. The molecule has 1 aliphatic carbocycles. The minimum atomic E-state index is -3.54. The summed E-state index contributed by atoms with van der Waals surface area (Å²) in [4.78, 5) is 10.7. The van der Waals surface area contributed by atoms with E-state index in [2.05, 4.69) is 4.72 Å². The molecule has 1 saturated carbocycles. The molecule has 6 heteroatoms. The molecule has 0 spiro atoms. The van der Waals surface area contributed by atoms with E-state index >= 15 is 0 Å². The molecule has 2 N–H and O–H groups in total. The molecule has 0 aliphatic heterocycles. The Morgan fingerprint density at radius 3 is 2.75 bits per heavy atom. The lowest BCUT2D eigenvalue weighted by atomic mass is 10.1. The normalized spacial score (nSPS) is 15.7. The topological polar surface area (TPSA) is 83.5 Å². The van der Waals surface area contributed by atoms with Gasteiger partial charge in [0.15, 0.2) is 0 Å². The van der Waals surface area contributed by atoms with Crippen molar-refractivity contribution in [2.75, 3.05) is 6.54 Å². The van der Waals surface area contributed by atoms with E-state index in [1.807, 2.05) is 0 Å². The van der Waals surface area contributed by atoms with Crippen molar-refractivity contribution in [3.8, 4) is 0 Å². The fourth-order valence-corrected chi connectivity index (χ4v) is 3.20. The lowest BCUT2D eigenvalue weighted by Crippen LogP contribution is -2.26. The summed E-state index contributed by atoms with van der Waals surface area (Å²) in [5.41, 5.74) is 1.19. The van der Waals surface area contributed by atoms with E-state index in [0.717, 1.165) is 18.9 Å². The molecule has 5 nitrogen and oxygen atoms in total. The van der Waals surface area contributed by atoms with Crippen LogP contribution in [-0.4, -0.2) is 26.0 Å². The summed E-state index contributed by atoms with van der Waals surface area (Å²) < 4.78 is 27.1. The predicted octanol–water partition coefficient (Wildman–Crippen LogP) is 1.78. The molecule has 0 aromatic heterocycles. The molecule has 0 atom stereocenters. The SMILES string of the molecule is Cc1ccc(C=CC(=O)O)cc1S(=O)(=O)NCC1CC1. The molecule has 0 saturated heterocycles. The van der Waals surface area contributed by atoms with E-state index in [-0.39, 0.29) is 4.90 Å². The van der Waals surface area contributed by atoms with Gasteiger partial charge in [-0.2, -0.15) is 0 Å². The summed E-state index contributed by atoms with van der Waals surface area (Å²) in [7, 11) is -3.54. The van der Waals surface area contributed by atoms with Crippen molar-refractivity contribution in [2.24, 2.45) is 5.92 Å². The number of hydrogen-bond acceptors (Lipinski definition) is 3. The van der Waals surface area contributed by atoms with E-state index in [1.165, 1.54) is 12.1 Å². The molecular formula is C14H17NO4S. The smallest absolute Gasteiger partial charge is 0.328 e. The number of carboxylic acids is 1. The molecule has 20 heavy (non-hydrogen) atoms. The lowest BCUT2D eigenvalue weighted by molar-refractivity contribution is -0.131. The zero-order valence-corrected chi connectivity index (χ0v) is 12.0. The molecule has 0 heterocycles. The quantitative estimate of drug-likeness (QED) is 0.784. The van der Waals surface area contributed by atoms with E-state index in [9.17, 15) is 13.2 Å². The Kier molecular flexibility index (Phi) is 4.25. The summed E-state index contributed by atoms with van der Waals surface area (Å²) in [6.07, 6.45) is 4.51. The highest BCUT2D eigenvalue weighted by Crippen LogP contribution is 2.28. The van der Waals surface area contributed by atoms with Crippen LogP contribution in [0.2, 0.25) is 0 Å². The third kappa shape index (κ3) is 3.91. The zero-order valence-electron chi connectivity index (χ0n) is 11.2. The highest BCUT2D eigenvalue weighted by molar-refractivity contribution is 7.89. The second-order valence-electron chi connectivity index (χ2n) is 4.99. The molecule has 0 bridgehead atoms. The van der Waals surface area contributed by atoms with Crippen LogP contribution in [0, 0.1) is 12.8 Å². The molecule has 1 aromatic rings. The second-order valence-corrected chi connectivity index (χ2v) is 6.73. The predicted molar refractivity (Wildman–Crippen MR) is 75.8 cm³/mol. The van der Waals surface area contributed by atoms with Crippen molar-refractivity contribution in [1.29, 1.82) is 0 Å². The van der Waals surface area contributed by atoms with E-state index in [0.29, 0.717) is 23.6 Å². The number of carboxylic acid groups (broad SMARTS) is 1. The van der Waals surface area contributed by atoms with Crippen LogP contribution in [0.3, 0.4) is 0 Å². The Labute approximate surface area is 118 Å². The molecule has 0 amide bonds. The van der Waals surface area contributed by atoms with Gasteiger partial charge in [0.2, 0.25) is 10.0 Å². The summed E-state index contributed by atoms with van der Waals surface area (Å²) in [5, 5.41) is 8.59. The van der Waals surface area contributed by atoms with Crippen LogP contribution in [0.25, 0.3) is 6.08 Å². The van der Waals surface area contributed by atoms with Crippen LogP contribution >= 0.6 is 0 Å². The maximum atomic E-state index is 12.2. The third-order valence-electron chi connectivity index (χ3n) is 3.18. The number of benzene rings is 1. The maximum absolute atomic E-state index is 12.2. The van der Waals surface area contributed by atoms with Gasteiger partial charge in [-0.15, -0.1) is 0 Å². The number of nitrogens with one attached hydrogen (secondary N) is 1. The van der Waals surface area contributed by atoms with E-state index in [1.54, 1.807) is 19.1 Å². The fourth-order valence-electron chi connectivity index (χ4n) is 1.80. The monoisotopic (exact) mass is 295 g/mol. The Hall–Kier alpha value is -1.66. The molecule has 1 aliphatic rings. The van der Waals surface area contributed by atoms with Crippen LogP contribution in [0.15, 0.2) is 29.2 Å². The van der Waals surface area contributed by atoms with Crippen molar-refractivity contribution in [2.45, 2.75) is 24.7 Å². The number of aryl methyl sites for hydroxylation is 1. The van der Waals surface area contributed by atoms with Crippen LogP contribution < -0.4 is 4.72 Å². The van der Waals surface area contributed by atoms with Crippen molar-refractivity contribution in [3.63, 3.8) is 0 Å². The molecule has 1 aromatic carbocycles. The summed E-state index contributed by atoms with van der Waals surface area (Å²) in [6.45, 7) is 2.19. The fraction of sp³-hybridized carbons (Fsp3) is 0.357. The van der Waals surface area contributed by atoms with Crippen molar-refractivity contribution in [1.82, 2.24) is 4.72 Å². The van der Waals surface area contributed by atoms with Gasteiger partial charge in [0.25, 0.3) is 0 Å². The molecule has 0 unspecified atom stereocenters. The Morgan fingerprint density at radius 1 is 1.45 bits per heavy atom. The van der Waals surface area contributed by atoms with Gasteiger partial charge in [-0.25, -0.2) is 17.9 Å². The highest BCUT2D eigenvalue weighted by Gasteiger charge is 2.25. The summed E-state index contributed by atoms with van der Waals surface area (Å²) in [5.74, 6) is -0.609. The van der Waals surface area contributed by atoms with Gasteiger partial charge >= 0.3 is 5.97 Å². The first kappa shape index (κ1) is 14.7. The van der Waals surface area contributed by atoms with Gasteiger partial charge in [-0.1, -0.05) is 12.1 Å². The van der Waals surface area contributed by atoms with Crippen molar-refractivity contribution >= 4 is 22.1 Å². The number of hydrogen-bond donors (Lipinski definition) is 2. The van der Waals surface area contributed by atoms with Gasteiger partial charge < -0.3 is 5.11 Å². The molecule has 108 valence electrons. The van der Waals surface area contributed by atoms with Crippen LogP contribution in [0.1, 0.15) is 24.0 Å². The van der Waals surface area contributed by atoms with E-state index < -0.39 is 16.0 Å². The number of rotatable bonds is 6. The average Bonchev–Trinajstić information content (AvgIpc) is 3.19. The molecular weight excluding hydrogens is 278 g/mol. The largest absolute Gasteiger partial charge is 0.478 e. The number of sulfonamides is 1. The Bertz CT molecular complexity index is 645. The zero-order chi connectivity index (χ0) is 14.8. The lowest BCUT2D eigenvalue weighted by Gasteiger charge is -2.09. The summed E-state index contributed by atoms with van der Waals surface area (Å²) >= 11 is 0. The van der Waals surface area contributed by atoms with Crippen LogP contribution in [-0.2, 0) is 14.8 Å². The van der Waals surface area contributed by atoms with Crippen molar-refractivity contribution in [3.05, 3.63) is 35.4 Å². The van der Waals surface area contributed by atoms with Gasteiger partial charge in [-0.05, 0) is 49.0 Å². The number of aliphatic carboxylic acids is 1. The first-order chi connectivity index (χ1) is 9.38. The van der Waals surface area contributed by atoms with Gasteiger partial charge in [0.1, 0.15) is 0 Å². The van der Waals surface area contributed by atoms with Crippen LogP contribution in [0.4, 0.5) is 0 Å². The van der Waals surface area contributed by atoms with Gasteiger partial charge in [0.05, 0.1) is 4.90 Å². The minimum Gasteiger partial charge on any atom is -0.478 e. The summed E-state index contributed by atoms with van der Waals surface area (Å²) in [6, 6.07) is 4.85. The second kappa shape index (κ2) is 5.76. The molecule has 0 radical (unpaired) electrons. The maximum Gasteiger partial charge on any atom is 0.328 e. The van der Waals surface area contributed by atoms with Crippen LogP contribution in [0.5, 0.6) is 0 Å². The van der Waals surface area contributed by atoms with E-state index in [4.69, 9.17) is 5.11 Å². The first-order valence-electron chi connectivity index (χ1n) is 6.40. The highest BCUT2D eigenvalue weighted by atomic mass is 32.2. The number of carbonyl (C=O) groups is 1. The Balaban J connectivity index is 2.24. The minimum absolute atomic E-state index is 0.200. The van der Waals surface area contributed by atoms with Crippen molar-refractivity contribution < 1.29 is 18.3 Å². The third-order valence-corrected chi connectivity index (χ3v) is 4.74. The average molecular weight is 295 g/mol. The molecule has 1 fully saturated rings. The Morgan fingerprint density at radius 2 is 2.15 bits per heavy atom. The molecule has 2 rings (SSSR count). The van der Waals surface area contributed by atoms with Gasteiger partial charge in [-0.3, -0.25) is 0 Å². The standard InChI is InChI=1S/C14H17NO4S/c1-10-2-3-11(6-7-14(16)17)8-13(10)20(18,19)15-9-12-4-5-12/h2-3,6-8,12,15H,4-5,9H2,1H3,(H,16,17).